The summed E-state index contributed by atoms with van der Waals surface area (Å²) in [5.41, 5.74) is 3.00. The van der Waals surface area contributed by atoms with Crippen LogP contribution in [0.3, 0.4) is 0 Å². The third-order valence-corrected chi connectivity index (χ3v) is 6.69. The third kappa shape index (κ3) is 5.48. The van der Waals surface area contributed by atoms with Crippen LogP contribution >= 0.6 is 11.6 Å². The molecule has 0 saturated carbocycles. The standard InChI is InChI=1S/C29H28ClNO6/c1-18-6-4-5-7-20(18)17-37-21-10-8-19(9-11-21)26-25(28(33)29(34)31(26)14-15-35-2)27(32)23-16-22(36-3)12-13-24(23)30/h4-13,16,26,32H,14-15,17H2,1-3H3/b27-25+. The van der Waals surface area contributed by atoms with Gasteiger partial charge in [-0.1, -0.05) is 48.0 Å². The summed E-state index contributed by atoms with van der Waals surface area (Å²) in [6.45, 7) is 2.83. The van der Waals surface area contributed by atoms with Crippen LogP contribution in [0.2, 0.25) is 5.02 Å². The van der Waals surface area contributed by atoms with E-state index in [2.05, 4.69) is 0 Å². The summed E-state index contributed by atoms with van der Waals surface area (Å²) < 4.78 is 16.4. The van der Waals surface area contributed by atoms with Crippen molar-refractivity contribution in [3.8, 4) is 11.5 Å². The molecule has 0 radical (unpaired) electrons. The Hall–Kier alpha value is -3.81. The number of hydrogen-bond acceptors (Lipinski definition) is 6. The van der Waals surface area contributed by atoms with Crippen LogP contribution in [-0.4, -0.2) is 49.1 Å². The normalized spacial score (nSPS) is 16.8. The van der Waals surface area contributed by atoms with Crippen molar-refractivity contribution < 1.29 is 28.9 Å². The molecule has 0 bridgehead atoms. The van der Waals surface area contributed by atoms with Gasteiger partial charge in [-0.2, -0.15) is 0 Å². The molecule has 4 rings (SSSR count). The van der Waals surface area contributed by atoms with Crippen molar-refractivity contribution in [1.82, 2.24) is 4.90 Å². The number of carbonyl (C=O) groups excluding carboxylic acids is 2. The number of nitrogens with zero attached hydrogens (tertiary/aromatic N) is 1. The van der Waals surface area contributed by atoms with Crippen LogP contribution in [0.1, 0.15) is 28.3 Å². The molecule has 192 valence electrons. The second-order valence-corrected chi connectivity index (χ2v) is 9.02. The highest BCUT2D eigenvalue weighted by Crippen LogP contribution is 2.41. The number of Topliss-reactive ketones (excluding diaryl/α,β-unsaturated/α-hetero) is 1. The minimum atomic E-state index is -0.831. The number of ketones is 1. The summed E-state index contributed by atoms with van der Waals surface area (Å²) in [6, 6.07) is 19.0. The van der Waals surface area contributed by atoms with Crippen molar-refractivity contribution in [2.75, 3.05) is 27.4 Å². The van der Waals surface area contributed by atoms with Gasteiger partial charge >= 0.3 is 0 Å². The maximum Gasteiger partial charge on any atom is 0.295 e. The van der Waals surface area contributed by atoms with Crippen LogP contribution in [0.5, 0.6) is 11.5 Å². The van der Waals surface area contributed by atoms with Crippen LogP contribution in [-0.2, 0) is 20.9 Å². The monoisotopic (exact) mass is 521 g/mol. The van der Waals surface area contributed by atoms with E-state index in [1.165, 1.54) is 25.2 Å². The van der Waals surface area contributed by atoms with Gasteiger partial charge in [-0.05, 0) is 53.9 Å². The van der Waals surface area contributed by atoms with E-state index in [1.54, 1.807) is 36.4 Å². The number of aliphatic hydroxyl groups is 1. The molecule has 1 heterocycles. The molecular formula is C29H28ClNO6. The van der Waals surface area contributed by atoms with Gasteiger partial charge in [0.05, 0.1) is 30.4 Å². The number of aliphatic hydroxyl groups excluding tert-OH is 1. The Bertz CT molecular complexity index is 1330. The molecule has 0 aliphatic carbocycles. The lowest BCUT2D eigenvalue weighted by atomic mass is 9.95. The molecule has 1 aliphatic heterocycles. The van der Waals surface area contributed by atoms with E-state index in [0.29, 0.717) is 23.7 Å². The number of halogens is 1. The molecule has 1 fully saturated rings. The molecule has 8 heteroatoms. The molecule has 1 N–H and O–H groups in total. The van der Waals surface area contributed by atoms with Gasteiger partial charge in [-0.15, -0.1) is 0 Å². The lowest BCUT2D eigenvalue weighted by Crippen LogP contribution is -2.32. The quantitative estimate of drug-likeness (QED) is 0.233. The fourth-order valence-electron chi connectivity index (χ4n) is 4.28. The highest BCUT2D eigenvalue weighted by Gasteiger charge is 2.46. The van der Waals surface area contributed by atoms with Crippen molar-refractivity contribution in [1.29, 1.82) is 0 Å². The number of benzene rings is 3. The van der Waals surface area contributed by atoms with E-state index in [9.17, 15) is 14.7 Å². The number of hydrogen-bond donors (Lipinski definition) is 1. The Balaban J connectivity index is 1.71. The maximum atomic E-state index is 13.2. The van der Waals surface area contributed by atoms with Crippen LogP contribution in [0.15, 0.2) is 72.3 Å². The average molecular weight is 522 g/mol. The SMILES string of the molecule is COCCN1C(=O)C(=O)/C(=C(/O)c2cc(OC)ccc2Cl)C1c1ccc(OCc2ccccc2C)cc1. The average Bonchev–Trinajstić information content (AvgIpc) is 3.16. The lowest BCUT2D eigenvalue weighted by molar-refractivity contribution is -0.140. The second kappa shape index (κ2) is 11.5. The van der Waals surface area contributed by atoms with E-state index in [1.807, 2.05) is 31.2 Å². The largest absolute Gasteiger partial charge is 0.507 e. The summed E-state index contributed by atoms with van der Waals surface area (Å²) in [7, 11) is 3.00. The van der Waals surface area contributed by atoms with Crippen molar-refractivity contribution in [3.05, 3.63) is 99.6 Å². The van der Waals surface area contributed by atoms with Gasteiger partial charge in [-0.25, -0.2) is 0 Å². The molecule has 1 atom stereocenters. The highest BCUT2D eigenvalue weighted by molar-refractivity contribution is 6.47. The highest BCUT2D eigenvalue weighted by atomic mass is 35.5. The lowest BCUT2D eigenvalue weighted by Gasteiger charge is -2.25. The van der Waals surface area contributed by atoms with E-state index in [-0.39, 0.29) is 35.1 Å². The summed E-state index contributed by atoms with van der Waals surface area (Å²) in [6.07, 6.45) is 0. The number of rotatable bonds is 9. The molecular weight excluding hydrogens is 494 g/mol. The predicted octanol–water partition coefficient (Wildman–Crippen LogP) is 5.30. The molecule has 0 spiro atoms. The first-order chi connectivity index (χ1) is 17.8. The zero-order valence-corrected chi connectivity index (χ0v) is 21.6. The Morgan fingerprint density at radius 1 is 1.00 bits per heavy atom. The summed E-state index contributed by atoms with van der Waals surface area (Å²) in [5.74, 6) is -0.796. The molecule has 37 heavy (non-hydrogen) atoms. The van der Waals surface area contributed by atoms with Crippen molar-refractivity contribution in [2.45, 2.75) is 19.6 Å². The topological polar surface area (TPSA) is 85.3 Å². The Morgan fingerprint density at radius 2 is 1.70 bits per heavy atom. The first-order valence-corrected chi connectivity index (χ1v) is 12.1. The van der Waals surface area contributed by atoms with Crippen molar-refractivity contribution in [2.24, 2.45) is 0 Å². The smallest absolute Gasteiger partial charge is 0.295 e. The van der Waals surface area contributed by atoms with Gasteiger partial charge in [0.2, 0.25) is 0 Å². The summed E-state index contributed by atoms with van der Waals surface area (Å²) in [5, 5.41) is 11.5. The van der Waals surface area contributed by atoms with E-state index in [4.69, 9.17) is 25.8 Å². The minimum Gasteiger partial charge on any atom is -0.507 e. The summed E-state index contributed by atoms with van der Waals surface area (Å²) in [4.78, 5) is 27.6. The molecule has 1 amide bonds. The minimum absolute atomic E-state index is 0.0511. The summed E-state index contributed by atoms with van der Waals surface area (Å²) >= 11 is 6.35. The maximum absolute atomic E-state index is 13.2. The van der Waals surface area contributed by atoms with Crippen LogP contribution < -0.4 is 9.47 Å². The molecule has 3 aromatic rings. The second-order valence-electron chi connectivity index (χ2n) is 8.62. The molecule has 0 aromatic heterocycles. The van der Waals surface area contributed by atoms with Crippen LogP contribution in [0.4, 0.5) is 0 Å². The number of ether oxygens (including phenoxy) is 3. The van der Waals surface area contributed by atoms with E-state index < -0.39 is 17.7 Å². The number of carbonyl (C=O) groups is 2. The van der Waals surface area contributed by atoms with Gasteiger partial charge in [0.15, 0.2) is 0 Å². The molecule has 7 nitrogen and oxygen atoms in total. The first kappa shape index (κ1) is 26.3. The predicted molar refractivity (Wildman–Crippen MR) is 141 cm³/mol. The van der Waals surface area contributed by atoms with Gasteiger partial charge < -0.3 is 24.2 Å². The van der Waals surface area contributed by atoms with E-state index >= 15 is 0 Å². The van der Waals surface area contributed by atoms with E-state index in [0.717, 1.165) is 11.1 Å². The zero-order valence-electron chi connectivity index (χ0n) is 20.9. The Labute approximate surface area is 220 Å². The molecule has 1 unspecified atom stereocenters. The van der Waals surface area contributed by atoms with Gasteiger partial charge in [0.25, 0.3) is 11.7 Å². The number of likely N-dealkylation sites (tertiary alicyclic amines) is 1. The Kier molecular flexibility index (Phi) is 8.16. The fourth-order valence-corrected chi connectivity index (χ4v) is 4.49. The number of methoxy groups -OCH3 is 2. The van der Waals surface area contributed by atoms with Gasteiger partial charge in [0, 0.05) is 19.2 Å². The van der Waals surface area contributed by atoms with Crippen molar-refractivity contribution in [3.63, 3.8) is 0 Å². The third-order valence-electron chi connectivity index (χ3n) is 6.36. The molecule has 1 aliphatic rings. The van der Waals surface area contributed by atoms with Gasteiger partial charge in [0.1, 0.15) is 23.9 Å². The molecule has 1 saturated heterocycles. The van der Waals surface area contributed by atoms with Crippen LogP contribution in [0, 0.1) is 6.92 Å². The molecule has 3 aromatic carbocycles. The van der Waals surface area contributed by atoms with Gasteiger partial charge in [-0.3, -0.25) is 9.59 Å². The first-order valence-electron chi connectivity index (χ1n) is 11.7. The van der Waals surface area contributed by atoms with Crippen LogP contribution in [0.25, 0.3) is 5.76 Å². The number of amides is 1. The fraction of sp³-hybridized carbons (Fsp3) is 0.241. The Morgan fingerprint density at radius 3 is 2.38 bits per heavy atom. The van der Waals surface area contributed by atoms with Crippen molar-refractivity contribution >= 4 is 29.1 Å². The zero-order chi connectivity index (χ0) is 26.5. The number of aryl methyl sites for hydroxylation is 1.